The summed E-state index contributed by atoms with van der Waals surface area (Å²) in [5, 5.41) is 3.36. The van der Waals surface area contributed by atoms with Crippen LogP contribution in [0, 0.1) is 0 Å². The van der Waals surface area contributed by atoms with E-state index in [0.29, 0.717) is 27.5 Å². The lowest BCUT2D eigenvalue weighted by Crippen LogP contribution is -2.13. The Bertz CT molecular complexity index is 973. The van der Waals surface area contributed by atoms with Gasteiger partial charge < -0.3 is 10.1 Å². The van der Waals surface area contributed by atoms with Gasteiger partial charge in [0.25, 0.3) is 5.91 Å². The van der Waals surface area contributed by atoms with Crippen LogP contribution < -0.4 is 10.1 Å². The molecule has 1 heterocycles. The number of benzene rings is 2. The highest BCUT2D eigenvalue weighted by atomic mass is 35.5. The number of amides is 1. The number of anilines is 1. The molecule has 6 heteroatoms. The van der Waals surface area contributed by atoms with Gasteiger partial charge in [0, 0.05) is 10.6 Å². The Hall–Kier alpha value is -2.66. The van der Waals surface area contributed by atoms with Crippen LogP contribution in [0.2, 0.25) is 5.02 Å². The SMILES string of the molecule is CCc1nc2ccc(C(=O)Nc3cc(Cl)ccc3OC)cc2nc1CC. The maximum atomic E-state index is 12.7. The first-order valence-corrected chi connectivity index (χ1v) is 8.88. The highest BCUT2D eigenvalue weighted by Crippen LogP contribution is 2.28. The molecule has 2 aromatic carbocycles. The van der Waals surface area contributed by atoms with Crippen molar-refractivity contribution >= 4 is 34.2 Å². The van der Waals surface area contributed by atoms with Crippen molar-refractivity contribution in [2.45, 2.75) is 26.7 Å². The number of aryl methyl sites for hydroxylation is 2. The highest BCUT2D eigenvalue weighted by molar-refractivity contribution is 6.31. The number of rotatable bonds is 5. The zero-order valence-electron chi connectivity index (χ0n) is 15.0. The standard InChI is InChI=1S/C20H20ClN3O2/c1-4-14-15(5-2)23-17-10-12(6-8-16(17)22-14)20(25)24-18-11-13(21)7-9-19(18)26-3/h6-11H,4-5H2,1-3H3,(H,24,25). The second-order valence-electron chi connectivity index (χ2n) is 5.83. The van der Waals surface area contributed by atoms with E-state index in [1.165, 1.54) is 0 Å². The molecule has 26 heavy (non-hydrogen) atoms. The number of halogens is 1. The van der Waals surface area contributed by atoms with Gasteiger partial charge in [-0.1, -0.05) is 25.4 Å². The normalized spacial score (nSPS) is 10.8. The molecule has 1 amide bonds. The van der Waals surface area contributed by atoms with Gasteiger partial charge in [-0.25, -0.2) is 9.97 Å². The van der Waals surface area contributed by atoms with Gasteiger partial charge in [-0.3, -0.25) is 4.79 Å². The maximum Gasteiger partial charge on any atom is 0.255 e. The molecule has 0 aliphatic carbocycles. The number of hydrogen-bond acceptors (Lipinski definition) is 4. The smallest absolute Gasteiger partial charge is 0.255 e. The van der Waals surface area contributed by atoms with Gasteiger partial charge in [0.1, 0.15) is 5.75 Å². The molecule has 134 valence electrons. The Morgan fingerprint density at radius 2 is 1.73 bits per heavy atom. The lowest BCUT2D eigenvalue weighted by atomic mass is 10.1. The van der Waals surface area contributed by atoms with Crippen molar-refractivity contribution in [3.05, 3.63) is 58.4 Å². The van der Waals surface area contributed by atoms with Crippen molar-refractivity contribution < 1.29 is 9.53 Å². The summed E-state index contributed by atoms with van der Waals surface area (Å²) in [6.07, 6.45) is 1.64. The Morgan fingerprint density at radius 1 is 1.04 bits per heavy atom. The number of methoxy groups -OCH3 is 1. The van der Waals surface area contributed by atoms with Crippen LogP contribution in [0.4, 0.5) is 5.69 Å². The maximum absolute atomic E-state index is 12.7. The highest BCUT2D eigenvalue weighted by Gasteiger charge is 2.13. The summed E-state index contributed by atoms with van der Waals surface area (Å²) in [5.74, 6) is 0.288. The molecule has 3 rings (SSSR count). The van der Waals surface area contributed by atoms with Gasteiger partial charge in [0.2, 0.25) is 0 Å². The molecule has 5 nitrogen and oxygen atoms in total. The molecule has 0 aliphatic heterocycles. The van der Waals surface area contributed by atoms with E-state index in [0.717, 1.165) is 29.7 Å². The average Bonchev–Trinajstić information content (AvgIpc) is 2.66. The number of nitrogens with zero attached hydrogens (tertiary/aromatic N) is 2. The Kier molecular flexibility index (Phi) is 5.38. The number of hydrogen-bond donors (Lipinski definition) is 1. The van der Waals surface area contributed by atoms with Crippen LogP contribution in [0.25, 0.3) is 11.0 Å². The number of carbonyl (C=O) groups excluding carboxylic acids is 1. The molecule has 1 aromatic heterocycles. The van der Waals surface area contributed by atoms with E-state index in [9.17, 15) is 4.79 Å². The number of aromatic nitrogens is 2. The Morgan fingerprint density at radius 3 is 2.38 bits per heavy atom. The summed E-state index contributed by atoms with van der Waals surface area (Å²) in [7, 11) is 1.54. The van der Waals surface area contributed by atoms with E-state index in [2.05, 4.69) is 29.1 Å². The van der Waals surface area contributed by atoms with Gasteiger partial charge in [-0.2, -0.15) is 0 Å². The van der Waals surface area contributed by atoms with E-state index >= 15 is 0 Å². The van der Waals surface area contributed by atoms with E-state index < -0.39 is 0 Å². The molecule has 0 aliphatic rings. The van der Waals surface area contributed by atoms with Crippen molar-refractivity contribution in [3.63, 3.8) is 0 Å². The van der Waals surface area contributed by atoms with Crippen molar-refractivity contribution in [3.8, 4) is 5.75 Å². The largest absolute Gasteiger partial charge is 0.495 e. The van der Waals surface area contributed by atoms with Gasteiger partial charge in [0.15, 0.2) is 0 Å². The van der Waals surface area contributed by atoms with Crippen molar-refractivity contribution in [1.29, 1.82) is 0 Å². The summed E-state index contributed by atoms with van der Waals surface area (Å²) < 4.78 is 5.27. The summed E-state index contributed by atoms with van der Waals surface area (Å²) in [6.45, 7) is 4.12. The third-order valence-electron chi connectivity index (χ3n) is 4.16. The van der Waals surface area contributed by atoms with Crippen LogP contribution in [0.5, 0.6) is 5.75 Å². The van der Waals surface area contributed by atoms with Gasteiger partial charge in [0.05, 0.1) is 35.2 Å². The first-order chi connectivity index (χ1) is 12.5. The number of ether oxygens (including phenoxy) is 1. The number of nitrogens with one attached hydrogen (secondary N) is 1. The zero-order chi connectivity index (χ0) is 18.7. The van der Waals surface area contributed by atoms with Crippen LogP contribution in [-0.2, 0) is 12.8 Å². The van der Waals surface area contributed by atoms with Crippen LogP contribution in [0.15, 0.2) is 36.4 Å². The van der Waals surface area contributed by atoms with Crippen molar-refractivity contribution in [2.75, 3.05) is 12.4 Å². The molecule has 1 N–H and O–H groups in total. The molecule has 0 atom stereocenters. The molecule has 0 spiro atoms. The molecule has 0 saturated heterocycles. The van der Waals surface area contributed by atoms with E-state index in [4.69, 9.17) is 16.3 Å². The lowest BCUT2D eigenvalue weighted by Gasteiger charge is -2.11. The summed E-state index contributed by atoms with van der Waals surface area (Å²) in [4.78, 5) is 22.0. The van der Waals surface area contributed by atoms with Crippen LogP contribution in [0.1, 0.15) is 35.6 Å². The Balaban J connectivity index is 1.95. The molecule has 0 fully saturated rings. The predicted molar refractivity (Wildman–Crippen MR) is 104 cm³/mol. The number of fused-ring (bicyclic) bond motifs is 1. The molecule has 0 bridgehead atoms. The summed E-state index contributed by atoms with van der Waals surface area (Å²) in [5.41, 5.74) is 4.49. The molecule has 0 unspecified atom stereocenters. The molecule has 3 aromatic rings. The Labute approximate surface area is 157 Å². The monoisotopic (exact) mass is 369 g/mol. The predicted octanol–water partition coefficient (Wildman–Crippen LogP) is 4.67. The van der Waals surface area contributed by atoms with Crippen LogP contribution in [-0.4, -0.2) is 23.0 Å². The van der Waals surface area contributed by atoms with E-state index in [1.54, 1.807) is 37.4 Å². The summed E-state index contributed by atoms with van der Waals surface area (Å²) >= 11 is 6.02. The first kappa shape index (κ1) is 18.1. The van der Waals surface area contributed by atoms with Crippen molar-refractivity contribution in [1.82, 2.24) is 9.97 Å². The minimum absolute atomic E-state index is 0.258. The topological polar surface area (TPSA) is 64.1 Å². The fraction of sp³-hybridized carbons (Fsp3) is 0.250. The van der Waals surface area contributed by atoms with E-state index in [-0.39, 0.29) is 5.91 Å². The number of carbonyl (C=O) groups is 1. The zero-order valence-corrected chi connectivity index (χ0v) is 15.7. The summed E-state index contributed by atoms with van der Waals surface area (Å²) in [6, 6.07) is 10.4. The van der Waals surface area contributed by atoms with Crippen molar-refractivity contribution in [2.24, 2.45) is 0 Å². The third kappa shape index (κ3) is 3.63. The fourth-order valence-corrected chi connectivity index (χ4v) is 2.98. The van der Waals surface area contributed by atoms with Crippen LogP contribution >= 0.6 is 11.6 Å². The molecule has 0 saturated carbocycles. The second-order valence-corrected chi connectivity index (χ2v) is 6.26. The minimum atomic E-state index is -0.258. The average molecular weight is 370 g/mol. The van der Waals surface area contributed by atoms with Gasteiger partial charge >= 0.3 is 0 Å². The third-order valence-corrected chi connectivity index (χ3v) is 4.40. The fourth-order valence-electron chi connectivity index (χ4n) is 2.81. The second kappa shape index (κ2) is 7.70. The first-order valence-electron chi connectivity index (χ1n) is 8.50. The minimum Gasteiger partial charge on any atom is -0.495 e. The molecular weight excluding hydrogens is 350 g/mol. The molecule has 0 radical (unpaired) electrons. The van der Waals surface area contributed by atoms with Crippen LogP contribution in [0.3, 0.4) is 0 Å². The van der Waals surface area contributed by atoms with Gasteiger partial charge in [-0.05, 0) is 49.2 Å². The molecular formula is C20H20ClN3O2. The van der Waals surface area contributed by atoms with Gasteiger partial charge in [-0.15, -0.1) is 0 Å². The quantitative estimate of drug-likeness (QED) is 0.709. The van der Waals surface area contributed by atoms with E-state index in [1.807, 2.05) is 6.07 Å². The lowest BCUT2D eigenvalue weighted by molar-refractivity contribution is 0.102.